The van der Waals surface area contributed by atoms with Crippen LogP contribution in [0.4, 0.5) is 0 Å². The van der Waals surface area contributed by atoms with Crippen LogP contribution in [0, 0.1) is 0 Å². The summed E-state index contributed by atoms with van der Waals surface area (Å²) in [4.78, 5) is 18.1. The standard InChI is InChI=1S/C28H21ClN2O3/c29-22-12-16-24(17-13-22)34-19-27-30-25-8-4-5-9-26(25)31(27)28(32)21-10-14-23(15-11-21)33-18-20-6-2-1-3-7-20/h1-17H,18-19H2. The zero-order valence-corrected chi connectivity index (χ0v) is 19.0. The lowest BCUT2D eigenvalue weighted by atomic mass is 10.2. The minimum Gasteiger partial charge on any atom is -0.489 e. The summed E-state index contributed by atoms with van der Waals surface area (Å²) >= 11 is 5.95. The second-order valence-corrected chi connectivity index (χ2v) is 8.13. The molecular formula is C28H21ClN2O3. The van der Waals surface area contributed by atoms with E-state index in [9.17, 15) is 4.79 Å². The zero-order chi connectivity index (χ0) is 23.3. The van der Waals surface area contributed by atoms with Crippen LogP contribution < -0.4 is 9.47 Å². The third-order valence-electron chi connectivity index (χ3n) is 5.36. The Morgan fingerprint density at radius 1 is 0.735 bits per heavy atom. The van der Waals surface area contributed by atoms with Crippen LogP contribution in [-0.4, -0.2) is 15.5 Å². The third-order valence-corrected chi connectivity index (χ3v) is 5.62. The number of ether oxygens (including phenoxy) is 2. The number of aromatic nitrogens is 2. The highest BCUT2D eigenvalue weighted by molar-refractivity contribution is 6.30. The molecule has 0 aliphatic carbocycles. The monoisotopic (exact) mass is 468 g/mol. The summed E-state index contributed by atoms with van der Waals surface area (Å²) in [7, 11) is 0. The van der Waals surface area contributed by atoms with Gasteiger partial charge < -0.3 is 9.47 Å². The number of hydrogen-bond donors (Lipinski definition) is 0. The Labute approximate surface area is 202 Å². The highest BCUT2D eigenvalue weighted by atomic mass is 35.5. The smallest absolute Gasteiger partial charge is 0.263 e. The van der Waals surface area contributed by atoms with Crippen molar-refractivity contribution in [1.29, 1.82) is 0 Å². The summed E-state index contributed by atoms with van der Waals surface area (Å²) in [6, 6.07) is 31.7. The topological polar surface area (TPSA) is 53.4 Å². The van der Waals surface area contributed by atoms with Gasteiger partial charge in [0.15, 0.2) is 5.82 Å². The van der Waals surface area contributed by atoms with Crippen LogP contribution in [0.2, 0.25) is 5.02 Å². The number of para-hydroxylation sites is 2. The predicted octanol–water partition coefficient (Wildman–Crippen LogP) is 6.54. The first-order valence-corrected chi connectivity index (χ1v) is 11.2. The van der Waals surface area contributed by atoms with Crippen molar-refractivity contribution >= 4 is 28.5 Å². The second kappa shape index (κ2) is 9.81. The first kappa shape index (κ1) is 21.7. The second-order valence-electron chi connectivity index (χ2n) is 7.70. The number of benzene rings is 4. The maximum absolute atomic E-state index is 13.5. The van der Waals surface area contributed by atoms with E-state index < -0.39 is 0 Å². The van der Waals surface area contributed by atoms with E-state index in [1.54, 1.807) is 53.1 Å². The molecule has 0 aliphatic rings. The van der Waals surface area contributed by atoms with Gasteiger partial charge in [0.25, 0.3) is 5.91 Å². The van der Waals surface area contributed by atoms with Gasteiger partial charge >= 0.3 is 0 Å². The fraction of sp³-hybridized carbons (Fsp3) is 0.0714. The SMILES string of the molecule is O=C(c1ccc(OCc2ccccc2)cc1)n1c(COc2ccc(Cl)cc2)nc2ccccc21. The number of hydrogen-bond acceptors (Lipinski definition) is 4. The van der Waals surface area contributed by atoms with E-state index in [-0.39, 0.29) is 12.5 Å². The van der Waals surface area contributed by atoms with Crippen molar-refractivity contribution in [2.75, 3.05) is 0 Å². The van der Waals surface area contributed by atoms with Crippen molar-refractivity contribution in [3.8, 4) is 11.5 Å². The molecule has 0 unspecified atom stereocenters. The average molecular weight is 469 g/mol. The Kier molecular flexibility index (Phi) is 6.27. The highest BCUT2D eigenvalue weighted by Crippen LogP contribution is 2.22. The minimum atomic E-state index is -0.182. The van der Waals surface area contributed by atoms with E-state index in [2.05, 4.69) is 4.98 Å². The third kappa shape index (κ3) is 4.80. The van der Waals surface area contributed by atoms with Crippen molar-refractivity contribution in [2.24, 2.45) is 0 Å². The van der Waals surface area contributed by atoms with Gasteiger partial charge in [0.05, 0.1) is 11.0 Å². The minimum absolute atomic E-state index is 0.139. The van der Waals surface area contributed by atoms with Crippen molar-refractivity contribution in [3.63, 3.8) is 0 Å². The lowest BCUT2D eigenvalue weighted by Gasteiger charge is -2.11. The van der Waals surface area contributed by atoms with Crippen molar-refractivity contribution in [2.45, 2.75) is 13.2 Å². The summed E-state index contributed by atoms with van der Waals surface area (Å²) in [5.41, 5.74) is 3.07. The molecule has 0 radical (unpaired) electrons. The number of carbonyl (C=O) groups excluding carboxylic acids is 1. The summed E-state index contributed by atoms with van der Waals surface area (Å²) in [6.07, 6.45) is 0. The maximum Gasteiger partial charge on any atom is 0.263 e. The first-order valence-electron chi connectivity index (χ1n) is 10.8. The summed E-state index contributed by atoms with van der Waals surface area (Å²) in [5.74, 6) is 1.68. The predicted molar refractivity (Wildman–Crippen MR) is 132 cm³/mol. The number of rotatable bonds is 7. The lowest BCUT2D eigenvalue weighted by Crippen LogP contribution is -2.16. The summed E-state index contributed by atoms with van der Waals surface area (Å²) < 4.78 is 13.3. The molecule has 0 atom stereocenters. The van der Waals surface area contributed by atoms with Gasteiger partial charge in [-0.1, -0.05) is 54.1 Å². The first-order chi connectivity index (χ1) is 16.7. The van der Waals surface area contributed by atoms with Crippen LogP contribution >= 0.6 is 11.6 Å². The largest absolute Gasteiger partial charge is 0.489 e. The molecule has 0 aliphatic heterocycles. The Bertz CT molecular complexity index is 1410. The van der Waals surface area contributed by atoms with Gasteiger partial charge in [-0.15, -0.1) is 0 Å². The van der Waals surface area contributed by atoms with E-state index in [4.69, 9.17) is 21.1 Å². The Hall–Kier alpha value is -4.09. The number of imidazole rings is 1. The van der Waals surface area contributed by atoms with E-state index in [0.717, 1.165) is 16.6 Å². The van der Waals surface area contributed by atoms with Crippen LogP contribution in [0.25, 0.3) is 11.0 Å². The molecule has 1 aromatic heterocycles. The van der Waals surface area contributed by atoms with Gasteiger partial charge in [0.1, 0.15) is 24.7 Å². The fourth-order valence-electron chi connectivity index (χ4n) is 3.64. The van der Waals surface area contributed by atoms with Crippen molar-refractivity contribution in [1.82, 2.24) is 9.55 Å². The van der Waals surface area contributed by atoms with Gasteiger partial charge in [-0.05, 0) is 66.2 Å². The molecule has 6 heteroatoms. The van der Waals surface area contributed by atoms with Crippen LogP contribution in [0.15, 0.2) is 103 Å². The molecule has 5 aromatic rings. The molecule has 0 bridgehead atoms. The molecule has 5 rings (SSSR count). The van der Waals surface area contributed by atoms with Gasteiger partial charge in [-0.25, -0.2) is 4.98 Å². The Morgan fingerprint density at radius 3 is 2.09 bits per heavy atom. The summed E-state index contributed by atoms with van der Waals surface area (Å²) in [5, 5.41) is 0.631. The molecule has 0 saturated heterocycles. The van der Waals surface area contributed by atoms with E-state index in [1.807, 2.05) is 54.6 Å². The van der Waals surface area contributed by atoms with Crippen molar-refractivity contribution < 1.29 is 14.3 Å². The number of halogens is 1. The van der Waals surface area contributed by atoms with Gasteiger partial charge in [-0.3, -0.25) is 9.36 Å². The maximum atomic E-state index is 13.5. The van der Waals surface area contributed by atoms with E-state index in [1.165, 1.54) is 0 Å². The molecule has 0 saturated carbocycles. The number of nitrogens with zero attached hydrogens (tertiary/aromatic N) is 2. The molecule has 168 valence electrons. The fourth-order valence-corrected chi connectivity index (χ4v) is 3.77. The van der Waals surface area contributed by atoms with Gasteiger partial charge in [0, 0.05) is 10.6 Å². The zero-order valence-electron chi connectivity index (χ0n) is 18.2. The summed E-state index contributed by atoms with van der Waals surface area (Å²) in [6.45, 7) is 0.604. The molecule has 5 nitrogen and oxygen atoms in total. The van der Waals surface area contributed by atoms with E-state index >= 15 is 0 Å². The molecule has 0 spiro atoms. The van der Waals surface area contributed by atoms with Gasteiger partial charge in [-0.2, -0.15) is 0 Å². The Balaban J connectivity index is 1.37. The lowest BCUT2D eigenvalue weighted by molar-refractivity contribution is 0.0956. The van der Waals surface area contributed by atoms with Crippen LogP contribution in [0.3, 0.4) is 0 Å². The average Bonchev–Trinajstić information content (AvgIpc) is 3.26. The highest BCUT2D eigenvalue weighted by Gasteiger charge is 2.19. The normalized spacial score (nSPS) is 10.9. The van der Waals surface area contributed by atoms with Crippen LogP contribution in [0.1, 0.15) is 21.7 Å². The molecular weight excluding hydrogens is 448 g/mol. The molecule has 1 heterocycles. The quantitative estimate of drug-likeness (QED) is 0.272. The Morgan fingerprint density at radius 2 is 1.35 bits per heavy atom. The number of carbonyl (C=O) groups is 1. The molecule has 0 amide bonds. The van der Waals surface area contributed by atoms with Crippen molar-refractivity contribution in [3.05, 3.63) is 125 Å². The molecule has 34 heavy (non-hydrogen) atoms. The van der Waals surface area contributed by atoms with Crippen LogP contribution in [-0.2, 0) is 13.2 Å². The van der Waals surface area contributed by atoms with Gasteiger partial charge in [0.2, 0.25) is 0 Å². The van der Waals surface area contributed by atoms with E-state index in [0.29, 0.717) is 34.5 Å². The molecule has 0 N–H and O–H groups in total. The van der Waals surface area contributed by atoms with Crippen LogP contribution in [0.5, 0.6) is 11.5 Å². The molecule has 0 fully saturated rings. The number of fused-ring (bicyclic) bond motifs is 1. The molecule has 4 aromatic carbocycles.